The first-order valence-corrected chi connectivity index (χ1v) is 7.40. The molecule has 2 aromatic carbocycles. The van der Waals surface area contributed by atoms with Crippen molar-refractivity contribution in [2.24, 2.45) is 5.73 Å². The van der Waals surface area contributed by atoms with E-state index in [2.05, 4.69) is 48.8 Å². The van der Waals surface area contributed by atoms with Gasteiger partial charge in [-0.3, -0.25) is 0 Å². The average Bonchev–Trinajstić information content (AvgIpc) is 2.37. The minimum Gasteiger partial charge on any atom is -0.496 e. The van der Waals surface area contributed by atoms with Crippen molar-refractivity contribution in [1.82, 2.24) is 0 Å². The zero-order valence-electron chi connectivity index (χ0n) is 12.3. The van der Waals surface area contributed by atoms with Crippen LogP contribution in [0.25, 0.3) is 0 Å². The normalized spacial score (nSPS) is 12.3. The maximum Gasteiger partial charge on any atom is 0.124 e. The van der Waals surface area contributed by atoms with E-state index in [1.807, 2.05) is 18.2 Å². The van der Waals surface area contributed by atoms with E-state index in [-0.39, 0.29) is 6.04 Å². The van der Waals surface area contributed by atoms with Gasteiger partial charge in [-0.1, -0.05) is 33.6 Å². The number of methoxy groups -OCH3 is 1. The van der Waals surface area contributed by atoms with E-state index in [0.717, 1.165) is 15.8 Å². The van der Waals surface area contributed by atoms with Crippen LogP contribution in [0, 0.1) is 20.8 Å². The quantitative estimate of drug-likeness (QED) is 0.901. The topological polar surface area (TPSA) is 35.2 Å². The van der Waals surface area contributed by atoms with Crippen molar-refractivity contribution in [3.63, 3.8) is 0 Å². The molecule has 2 rings (SSSR count). The lowest BCUT2D eigenvalue weighted by Gasteiger charge is -2.21. The van der Waals surface area contributed by atoms with Gasteiger partial charge in [0.25, 0.3) is 0 Å². The molecule has 0 aromatic heterocycles. The Morgan fingerprint density at radius 2 is 1.65 bits per heavy atom. The highest BCUT2D eigenvalue weighted by atomic mass is 79.9. The highest BCUT2D eigenvalue weighted by Gasteiger charge is 2.18. The van der Waals surface area contributed by atoms with Crippen LogP contribution in [-0.4, -0.2) is 7.11 Å². The zero-order valence-corrected chi connectivity index (χ0v) is 13.9. The molecule has 1 unspecified atom stereocenters. The van der Waals surface area contributed by atoms with Gasteiger partial charge in [-0.05, 0) is 55.7 Å². The van der Waals surface area contributed by atoms with Gasteiger partial charge in [-0.2, -0.15) is 0 Å². The summed E-state index contributed by atoms with van der Waals surface area (Å²) in [5, 5.41) is 0. The third kappa shape index (κ3) is 2.89. The highest BCUT2D eigenvalue weighted by molar-refractivity contribution is 9.10. The first kappa shape index (κ1) is 15.1. The van der Waals surface area contributed by atoms with E-state index in [1.165, 1.54) is 22.3 Å². The van der Waals surface area contributed by atoms with E-state index >= 15 is 0 Å². The molecule has 0 saturated heterocycles. The summed E-state index contributed by atoms with van der Waals surface area (Å²) < 4.78 is 6.45. The van der Waals surface area contributed by atoms with Crippen LogP contribution in [0.4, 0.5) is 0 Å². The Labute approximate surface area is 129 Å². The zero-order chi connectivity index (χ0) is 14.9. The SMILES string of the molecule is COc1ccc(Br)cc1C(N)c1c(C)cc(C)cc1C. The van der Waals surface area contributed by atoms with E-state index < -0.39 is 0 Å². The van der Waals surface area contributed by atoms with Gasteiger partial charge in [-0.15, -0.1) is 0 Å². The summed E-state index contributed by atoms with van der Waals surface area (Å²) in [4.78, 5) is 0. The molecule has 1 atom stereocenters. The Morgan fingerprint density at radius 3 is 2.20 bits per heavy atom. The number of nitrogens with two attached hydrogens (primary N) is 1. The number of halogens is 1. The molecular formula is C17H20BrNO. The summed E-state index contributed by atoms with van der Waals surface area (Å²) in [5.41, 5.74) is 12.4. The standard InChI is InChI=1S/C17H20BrNO/c1-10-7-11(2)16(12(3)8-10)17(19)14-9-13(18)5-6-15(14)20-4/h5-9,17H,19H2,1-4H3. The third-order valence-electron chi connectivity index (χ3n) is 3.58. The van der Waals surface area contributed by atoms with Crippen LogP contribution in [-0.2, 0) is 0 Å². The minimum absolute atomic E-state index is 0.192. The second-order valence-corrected chi connectivity index (χ2v) is 6.09. The summed E-state index contributed by atoms with van der Waals surface area (Å²) in [6.45, 7) is 6.33. The van der Waals surface area contributed by atoms with Crippen molar-refractivity contribution in [3.8, 4) is 5.75 Å². The lowest BCUT2D eigenvalue weighted by molar-refractivity contribution is 0.407. The summed E-state index contributed by atoms with van der Waals surface area (Å²) in [7, 11) is 1.67. The van der Waals surface area contributed by atoms with Gasteiger partial charge >= 0.3 is 0 Å². The lowest BCUT2D eigenvalue weighted by atomic mass is 9.90. The fraction of sp³-hybridized carbons (Fsp3) is 0.294. The monoisotopic (exact) mass is 333 g/mol. The van der Waals surface area contributed by atoms with Gasteiger partial charge in [0.15, 0.2) is 0 Å². The van der Waals surface area contributed by atoms with Gasteiger partial charge in [0.1, 0.15) is 5.75 Å². The third-order valence-corrected chi connectivity index (χ3v) is 4.07. The molecule has 0 amide bonds. The first-order valence-electron chi connectivity index (χ1n) is 6.60. The Bertz CT molecular complexity index is 614. The van der Waals surface area contributed by atoms with Crippen LogP contribution < -0.4 is 10.5 Å². The summed E-state index contributed by atoms with van der Waals surface area (Å²) in [6, 6.07) is 10.1. The van der Waals surface area contributed by atoms with Crippen LogP contribution in [0.15, 0.2) is 34.8 Å². The molecule has 0 fully saturated rings. The molecular weight excluding hydrogens is 314 g/mol. The minimum atomic E-state index is -0.192. The Hall–Kier alpha value is -1.32. The molecule has 0 bridgehead atoms. The van der Waals surface area contributed by atoms with Crippen LogP contribution in [0.2, 0.25) is 0 Å². The summed E-state index contributed by atoms with van der Waals surface area (Å²) in [5.74, 6) is 0.820. The van der Waals surface area contributed by atoms with Crippen LogP contribution >= 0.6 is 15.9 Å². The average molecular weight is 334 g/mol. The highest BCUT2D eigenvalue weighted by Crippen LogP contribution is 2.34. The molecule has 0 aliphatic heterocycles. The molecule has 0 aliphatic rings. The molecule has 3 heteroatoms. The largest absolute Gasteiger partial charge is 0.496 e. The van der Waals surface area contributed by atoms with Crippen molar-refractivity contribution in [1.29, 1.82) is 0 Å². The maximum absolute atomic E-state index is 6.51. The van der Waals surface area contributed by atoms with Gasteiger partial charge in [0, 0.05) is 10.0 Å². The van der Waals surface area contributed by atoms with Crippen molar-refractivity contribution in [2.75, 3.05) is 7.11 Å². The number of aryl methyl sites for hydroxylation is 3. The van der Waals surface area contributed by atoms with E-state index in [4.69, 9.17) is 10.5 Å². The van der Waals surface area contributed by atoms with Crippen molar-refractivity contribution < 1.29 is 4.74 Å². The summed E-state index contributed by atoms with van der Waals surface area (Å²) >= 11 is 3.50. The fourth-order valence-corrected chi connectivity index (χ4v) is 3.16. The van der Waals surface area contributed by atoms with Gasteiger partial charge in [0.05, 0.1) is 13.2 Å². The molecule has 2 N–H and O–H groups in total. The molecule has 106 valence electrons. The van der Waals surface area contributed by atoms with Crippen LogP contribution in [0.5, 0.6) is 5.75 Å². The number of hydrogen-bond acceptors (Lipinski definition) is 2. The summed E-state index contributed by atoms with van der Waals surface area (Å²) in [6.07, 6.45) is 0. The van der Waals surface area contributed by atoms with Crippen molar-refractivity contribution in [2.45, 2.75) is 26.8 Å². The smallest absolute Gasteiger partial charge is 0.124 e. The molecule has 0 radical (unpaired) electrons. The van der Waals surface area contributed by atoms with Gasteiger partial charge < -0.3 is 10.5 Å². The molecule has 2 nitrogen and oxygen atoms in total. The maximum atomic E-state index is 6.51. The molecule has 0 aliphatic carbocycles. The van der Waals surface area contributed by atoms with Crippen molar-refractivity contribution in [3.05, 3.63) is 62.6 Å². The Morgan fingerprint density at radius 1 is 1.05 bits per heavy atom. The van der Waals surface area contributed by atoms with Crippen LogP contribution in [0.1, 0.15) is 33.9 Å². The molecule has 0 spiro atoms. The van der Waals surface area contributed by atoms with E-state index in [9.17, 15) is 0 Å². The number of benzene rings is 2. The van der Waals surface area contributed by atoms with E-state index in [0.29, 0.717) is 0 Å². The molecule has 0 heterocycles. The van der Waals surface area contributed by atoms with Crippen LogP contribution in [0.3, 0.4) is 0 Å². The molecule has 2 aromatic rings. The second-order valence-electron chi connectivity index (χ2n) is 5.18. The second kappa shape index (κ2) is 5.98. The lowest BCUT2D eigenvalue weighted by Crippen LogP contribution is -2.16. The Kier molecular flexibility index (Phi) is 4.51. The Balaban J connectivity index is 2.57. The number of hydrogen-bond donors (Lipinski definition) is 1. The van der Waals surface area contributed by atoms with Gasteiger partial charge in [0.2, 0.25) is 0 Å². The molecule has 0 saturated carbocycles. The van der Waals surface area contributed by atoms with E-state index in [1.54, 1.807) is 7.11 Å². The predicted octanol–water partition coefficient (Wildman–Crippen LogP) is 4.43. The fourth-order valence-electron chi connectivity index (χ4n) is 2.79. The molecule has 20 heavy (non-hydrogen) atoms. The van der Waals surface area contributed by atoms with Crippen molar-refractivity contribution >= 4 is 15.9 Å². The van der Waals surface area contributed by atoms with Gasteiger partial charge in [-0.25, -0.2) is 0 Å². The number of rotatable bonds is 3. The number of ether oxygens (including phenoxy) is 1. The predicted molar refractivity (Wildman–Crippen MR) is 87.4 cm³/mol. The first-order chi connectivity index (χ1) is 9.43.